The number of fused-ring (bicyclic) bond motifs is 1. The van der Waals surface area contributed by atoms with Crippen LogP contribution >= 0.6 is 0 Å². The van der Waals surface area contributed by atoms with E-state index in [-0.39, 0.29) is 30.8 Å². The number of amides is 2. The number of benzene rings is 1. The van der Waals surface area contributed by atoms with Gasteiger partial charge in [0.25, 0.3) is 5.56 Å². The molecular formula is C17H16N6O3. The Morgan fingerprint density at radius 1 is 1.15 bits per heavy atom. The SMILES string of the molecule is O=C(Cn1ncn2nccc2c1=O)NC1CC(=O)N(c2ccccc2)C1. The highest BCUT2D eigenvalue weighted by atomic mass is 16.2. The number of hydrogen-bond acceptors (Lipinski definition) is 5. The summed E-state index contributed by atoms with van der Waals surface area (Å²) in [5.74, 6) is -0.409. The van der Waals surface area contributed by atoms with Crippen LogP contribution in [-0.4, -0.2) is 43.8 Å². The fourth-order valence-corrected chi connectivity index (χ4v) is 3.06. The summed E-state index contributed by atoms with van der Waals surface area (Å²) in [5, 5.41) is 10.7. The van der Waals surface area contributed by atoms with E-state index in [1.165, 1.54) is 17.0 Å². The predicted molar refractivity (Wildman–Crippen MR) is 92.6 cm³/mol. The van der Waals surface area contributed by atoms with Gasteiger partial charge in [-0.15, -0.1) is 0 Å². The Kier molecular flexibility index (Phi) is 3.96. The van der Waals surface area contributed by atoms with E-state index in [1.807, 2.05) is 30.3 Å². The van der Waals surface area contributed by atoms with Gasteiger partial charge in [-0.2, -0.15) is 10.2 Å². The predicted octanol–water partition coefficient (Wildman–Crippen LogP) is -0.187. The van der Waals surface area contributed by atoms with Crippen molar-refractivity contribution in [1.29, 1.82) is 0 Å². The van der Waals surface area contributed by atoms with Gasteiger partial charge in [-0.1, -0.05) is 18.2 Å². The first-order valence-corrected chi connectivity index (χ1v) is 8.16. The molecule has 3 heterocycles. The average molecular weight is 352 g/mol. The highest BCUT2D eigenvalue weighted by molar-refractivity contribution is 5.96. The number of carbonyl (C=O) groups excluding carboxylic acids is 2. The molecule has 0 saturated carbocycles. The standard InChI is InChI=1S/C17H16N6O3/c24-15(10-22-17(26)14-6-7-18-23(14)11-19-22)20-12-8-16(25)21(9-12)13-4-2-1-3-5-13/h1-7,11-12H,8-10H2,(H,20,24). The first kappa shape index (κ1) is 16.0. The minimum absolute atomic E-state index is 0.0440. The van der Waals surface area contributed by atoms with Gasteiger partial charge >= 0.3 is 0 Å². The number of aromatic nitrogens is 4. The fourth-order valence-electron chi connectivity index (χ4n) is 3.06. The molecule has 4 rings (SSSR count). The summed E-state index contributed by atoms with van der Waals surface area (Å²) in [4.78, 5) is 38.4. The van der Waals surface area contributed by atoms with Crippen molar-refractivity contribution in [3.63, 3.8) is 0 Å². The molecule has 1 atom stereocenters. The quantitative estimate of drug-likeness (QED) is 0.701. The van der Waals surface area contributed by atoms with Gasteiger partial charge in [0, 0.05) is 18.7 Å². The van der Waals surface area contributed by atoms with Crippen LogP contribution in [0.5, 0.6) is 0 Å². The zero-order valence-corrected chi connectivity index (χ0v) is 13.8. The molecule has 1 aromatic carbocycles. The number of nitrogens with zero attached hydrogens (tertiary/aromatic N) is 5. The second kappa shape index (κ2) is 6.43. The molecule has 9 heteroatoms. The van der Waals surface area contributed by atoms with Gasteiger partial charge in [0.1, 0.15) is 18.4 Å². The molecule has 0 aliphatic carbocycles. The second-order valence-corrected chi connectivity index (χ2v) is 6.06. The van der Waals surface area contributed by atoms with E-state index in [2.05, 4.69) is 15.5 Å². The molecule has 0 bridgehead atoms. The highest BCUT2D eigenvalue weighted by Crippen LogP contribution is 2.20. The number of rotatable bonds is 4. The molecule has 9 nitrogen and oxygen atoms in total. The Labute approximate surface area is 147 Å². The number of hydrogen-bond donors (Lipinski definition) is 1. The van der Waals surface area contributed by atoms with E-state index in [9.17, 15) is 14.4 Å². The lowest BCUT2D eigenvalue weighted by Gasteiger charge is -2.17. The maximum absolute atomic E-state index is 12.3. The van der Waals surface area contributed by atoms with Crippen molar-refractivity contribution in [2.45, 2.75) is 19.0 Å². The van der Waals surface area contributed by atoms with Crippen LogP contribution in [0.1, 0.15) is 6.42 Å². The summed E-state index contributed by atoms with van der Waals surface area (Å²) < 4.78 is 2.43. The fraction of sp³-hybridized carbons (Fsp3) is 0.235. The normalized spacial score (nSPS) is 17.0. The van der Waals surface area contributed by atoms with Crippen LogP contribution in [0.15, 0.2) is 53.7 Å². The van der Waals surface area contributed by atoms with Crippen LogP contribution in [0.3, 0.4) is 0 Å². The van der Waals surface area contributed by atoms with Gasteiger partial charge in [0.2, 0.25) is 11.8 Å². The van der Waals surface area contributed by atoms with E-state index in [1.54, 1.807) is 11.0 Å². The number of carbonyl (C=O) groups is 2. The molecule has 1 aliphatic heterocycles. The number of nitrogens with one attached hydrogen (secondary N) is 1. The third-order valence-corrected chi connectivity index (χ3v) is 4.28. The van der Waals surface area contributed by atoms with E-state index in [0.29, 0.717) is 12.1 Å². The smallest absolute Gasteiger partial charge is 0.293 e. The van der Waals surface area contributed by atoms with Crippen molar-refractivity contribution in [3.8, 4) is 0 Å². The molecule has 1 N–H and O–H groups in total. The van der Waals surface area contributed by atoms with Crippen molar-refractivity contribution in [3.05, 3.63) is 59.3 Å². The first-order chi connectivity index (χ1) is 12.6. The Hall–Kier alpha value is -3.49. The molecule has 0 spiro atoms. The Morgan fingerprint density at radius 3 is 2.77 bits per heavy atom. The molecule has 1 fully saturated rings. The van der Waals surface area contributed by atoms with Crippen molar-refractivity contribution < 1.29 is 9.59 Å². The van der Waals surface area contributed by atoms with Gasteiger partial charge in [-0.05, 0) is 18.2 Å². The molecule has 1 unspecified atom stereocenters. The van der Waals surface area contributed by atoms with Crippen molar-refractivity contribution in [2.24, 2.45) is 0 Å². The third-order valence-electron chi connectivity index (χ3n) is 4.28. The van der Waals surface area contributed by atoms with Crippen molar-refractivity contribution in [2.75, 3.05) is 11.4 Å². The van der Waals surface area contributed by atoms with Crippen LogP contribution in [0.2, 0.25) is 0 Å². The van der Waals surface area contributed by atoms with Crippen LogP contribution in [0, 0.1) is 0 Å². The van der Waals surface area contributed by atoms with Crippen LogP contribution < -0.4 is 15.8 Å². The minimum atomic E-state index is -0.395. The van der Waals surface area contributed by atoms with Gasteiger partial charge in [-0.25, -0.2) is 9.20 Å². The first-order valence-electron chi connectivity index (χ1n) is 8.16. The number of para-hydroxylation sites is 1. The summed E-state index contributed by atoms with van der Waals surface area (Å²) in [7, 11) is 0. The second-order valence-electron chi connectivity index (χ2n) is 6.06. The molecule has 2 aromatic heterocycles. The van der Waals surface area contributed by atoms with E-state index in [4.69, 9.17) is 0 Å². The Balaban J connectivity index is 1.43. The van der Waals surface area contributed by atoms with Gasteiger partial charge in [0.05, 0.1) is 12.2 Å². The van der Waals surface area contributed by atoms with Gasteiger partial charge < -0.3 is 10.2 Å². The zero-order valence-electron chi connectivity index (χ0n) is 13.8. The maximum atomic E-state index is 12.3. The Bertz CT molecular complexity index is 1030. The molecule has 26 heavy (non-hydrogen) atoms. The summed E-state index contributed by atoms with van der Waals surface area (Å²) in [6.45, 7) is 0.190. The summed E-state index contributed by atoms with van der Waals surface area (Å²) in [6.07, 6.45) is 3.09. The lowest BCUT2D eigenvalue weighted by molar-refractivity contribution is -0.122. The maximum Gasteiger partial charge on any atom is 0.293 e. The molecule has 2 amide bonds. The molecule has 1 saturated heterocycles. The van der Waals surface area contributed by atoms with Crippen LogP contribution in [-0.2, 0) is 16.1 Å². The monoisotopic (exact) mass is 352 g/mol. The molecule has 0 radical (unpaired) electrons. The summed E-state index contributed by atoms with van der Waals surface area (Å²) in [5.41, 5.74) is 0.756. The average Bonchev–Trinajstić information content (AvgIpc) is 3.25. The van der Waals surface area contributed by atoms with Crippen LogP contribution in [0.4, 0.5) is 5.69 Å². The lowest BCUT2D eigenvalue weighted by atomic mass is 10.2. The Morgan fingerprint density at radius 2 is 1.96 bits per heavy atom. The largest absolute Gasteiger partial charge is 0.349 e. The minimum Gasteiger partial charge on any atom is -0.349 e. The van der Waals surface area contributed by atoms with E-state index in [0.717, 1.165) is 10.4 Å². The van der Waals surface area contributed by atoms with Crippen LogP contribution in [0.25, 0.3) is 5.52 Å². The molecule has 1 aliphatic rings. The lowest BCUT2D eigenvalue weighted by Crippen LogP contribution is -2.41. The third kappa shape index (κ3) is 2.94. The van der Waals surface area contributed by atoms with Crippen molar-refractivity contribution in [1.82, 2.24) is 24.7 Å². The molecule has 3 aromatic rings. The topological polar surface area (TPSA) is 102 Å². The number of anilines is 1. The highest BCUT2D eigenvalue weighted by Gasteiger charge is 2.31. The van der Waals surface area contributed by atoms with Gasteiger partial charge in [0.15, 0.2) is 0 Å². The van der Waals surface area contributed by atoms with Crippen molar-refractivity contribution >= 4 is 23.0 Å². The summed E-state index contributed by atoms with van der Waals surface area (Å²) >= 11 is 0. The van der Waals surface area contributed by atoms with Gasteiger partial charge in [-0.3, -0.25) is 14.4 Å². The van der Waals surface area contributed by atoms with E-state index < -0.39 is 5.56 Å². The van der Waals surface area contributed by atoms with E-state index >= 15 is 0 Å². The summed E-state index contributed by atoms with van der Waals surface area (Å²) in [6, 6.07) is 10.6. The molecular weight excluding hydrogens is 336 g/mol. The zero-order chi connectivity index (χ0) is 18.1. The molecule has 132 valence electrons.